The molecule has 0 aromatic heterocycles. The van der Waals surface area contributed by atoms with Crippen LogP contribution in [0.1, 0.15) is 28.8 Å². The van der Waals surface area contributed by atoms with Crippen molar-refractivity contribution in [3.63, 3.8) is 0 Å². The third-order valence-corrected chi connectivity index (χ3v) is 3.87. The lowest BCUT2D eigenvalue weighted by Gasteiger charge is -2.09. The molecular formula is C19H18F2N2O3. The molecule has 0 bridgehead atoms. The first-order valence-corrected chi connectivity index (χ1v) is 8.25. The van der Waals surface area contributed by atoms with E-state index < -0.39 is 17.5 Å². The van der Waals surface area contributed by atoms with Crippen molar-refractivity contribution < 1.29 is 23.1 Å². The summed E-state index contributed by atoms with van der Waals surface area (Å²) in [6.45, 7) is -0.136. The Labute approximate surface area is 149 Å². The second kappa shape index (κ2) is 7.95. The largest absolute Gasteiger partial charge is 0.481 e. The van der Waals surface area contributed by atoms with Gasteiger partial charge in [0, 0.05) is 24.2 Å². The predicted octanol–water partition coefficient (Wildman–Crippen LogP) is 2.55. The van der Waals surface area contributed by atoms with E-state index in [2.05, 4.69) is 10.6 Å². The minimum Gasteiger partial charge on any atom is -0.481 e. The summed E-state index contributed by atoms with van der Waals surface area (Å²) < 4.78 is 31.2. The second-order valence-corrected chi connectivity index (χ2v) is 6.08. The van der Waals surface area contributed by atoms with Crippen molar-refractivity contribution in [2.45, 2.75) is 25.4 Å². The number of nitrogens with one attached hydrogen (secondary N) is 2. The third-order valence-electron chi connectivity index (χ3n) is 3.87. The van der Waals surface area contributed by atoms with Crippen molar-refractivity contribution in [1.82, 2.24) is 10.6 Å². The van der Waals surface area contributed by atoms with Gasteiger partial charge >= 0.3 is 0 Å². The topological polar surface area (TPSA) is 67.4 Å². The molecule has 7 heteroatoms. The van der Waals surface area contributed by atoms with E-state index in [1.165, 1.54) is 0 Å². The normalized spacial score (nSPS) is 13.2. The zero-order valence-electron chi connectivity index (χ0n) is 13.9. The van der Waals surface area contributed by atoms with Gasteiger partial charge in [-0.1, -0.05) is 12.1 Å². The molecule has 0 radical (unpaired) electrons. The Morgan fingerprint density at radius 3 is 2.46 bits per heavy atom. The van der Waals surface area contributed by atoms with Crippen LogP contribution in [-0.4, -0.2) is 24.5 Å². The number of carbonyl (C=O) groups excluding carboxylic acids is 2. The molecule has 0 saturated heterocycles. The first kappa shape index (κ1) is 17.8. The summed E-state index contributed by atoms with van der Waals surface area (Å²) in [7, 11) is 0. The maximum Gasteiger partial charge on any atom is 0.258 e. The quantitative estimate of drug-likeness (QED) is 0.797. The molecular weight excluding hydrogens is 342 g/mol. The lowest BCUT2D eigenvalue weighted by molar-refractivity contribution is -0.123. The zero-order valence-corrected chi connectivity index (χ0v) is 13.9. The summed E-state index contributed by atoms with van der Waals surface area (Å²) in [4.78, 5) is 23.7. The maximum atomic E-state index is 13.4. The van der Waals surface area contributed by atoms with Crippen molar-refractivity contribution in [1.29, 1.82) is 0 Å². The van der Waals surface area contributed by atoms with E-state index in [-0.39, 0.29) is 24.8 Å². The van der Waals surface area contributed by atoms with Crippen molar-refractivity contribution >= 4 is 11.8 Å². The van der Waals surface area contributed by atoms with E-state index in [0.29, 0.717) is 17.7 Å². The fraction of sp³-hybridized carbons (Fsp3) is 0.263. The van der Waals surface area contributed by atoms with Gasteiger partial charge in [0.15, 0.2) is 18.2 Å². The molecule has 0 atom stereocenters. The SMILES string of the molecule is O=C(COc1ccc(F)cc1F)NCc1ccc(C(=O)NC2CC2)cc1. The van der Waals surface area contributed by atoms with Crippen LogP contribution in [0.2, 0.25) is 0 Å². The fourth-order valence-corrected chi connectivity index (χ4v) is 2.26. The molecule has 0 heterocycles. The Kier molecular flexibility index (Phi) is 5.46. The summed E-state index contributed by atoms with van der Waals surface area (Å²) in [5.41, 5.74) is 1.39. The number of rotatable bonds is 7. The molecule has 0 unspecified atom stereocenters. The Bertz CT molecular complexity index is 805. The molecule has 2 N–H and O–H groups in total. The number of benzene rings is 2. The number of carbonyl (C=O) groups is 2. The second-order valence-electron chi connectivity index (χ2n) is 6.08. The highest BCUT2D eigenvalue weighted by atomic mass is 19.1. The minimum atomic E-state index is -0.863. The molecule has 1 fully saturated rings. The van der Waals surface area contributed by atoms with E-state index in [4.69, 9.17) is 4.74 Å². The molecule has 2 aromatic rings. The van der Waals surface area contributed by atoms with Gasteiger partial charge in [0.2, 0.25) is 0 Å². The van der Waals surface area contributed by atoms with Crippen LogP contribution in [0.25, 0.3) is 0 Å². The summed E-state index contributed by atoms with van der Waals surface area (Å²) >= 11 is 0. The molecule has 136 valence electrons. The molecule has 2 aromatic carbocycles. The average molecular weight is 360 g/mol. The molecule has 1 aliphatic rings. The molecule has 26 heavy (non-hydrogen) atoms. The molecule has 5 nitrogen and oxygen atoms in total. The van der Waals surface area contributed by atoms with Gasteiger partial charge in [0.1, 0.15) is 5.82 Å². The van der Waals surface area contributed by atoms with E-state index in [1.807, 2.05) is 0 Å². The number of hydrogen-bond donors (Lipinski definition) is 2. The van der Waals surface area contributed by atoms with Crippen molar-refractivity contribution in [2.24, 2.45) is 0 Å². The van der Waals surface area contributed by atoms with Gasteiger partial charge in [-0.3, -0.25) is 9.59 Å². The highest BCUT2D eigenvalue weighted by molar-refractivity contribution is 5.94. The minimum absolute atomic E-state index is 0.0992. The Morgan fingerprint density at radius 1 is 1.08 bits per heavy atom. The van der Waals surface area contributed by atoms with Crippen LogP contribution in [-0.2, 0) is 11.3 Å². The first-order valence-electron chi connectivity index (χ1n) is 8.25. The molecule has 3 rings (SSSR count). The molecule has 1 saturated carbocycles. The Hall–Kier alpha value is -2.96. The number of halogens is 2. The van der Waals surface area contributed by atoms with E-state index in [9.17, 15) is 18.4 Å². The molecule has 0 spiro atoms. The van der Waals surface area contributed by atoms with E-state index in [0.717, 1.165) is 30.5 Å². The summed E-state index contributed by atoms with van der Waals surface area (Å²) in [5, 5.41) is 5.53. The summed E-state index contributed by atoms with van der Waals surface area (Å²) in [6, 6.07) is 10.1. The summed E-state index contributed by atoms with van der Waals surface area (Å²) in [5.74, 6) is -2.30. The summed E-state index contributed by atoms with van der Waals surface area (Å²) in [6.07, 6.45) is 2.06. The molecule has 1 aliphatic carbocycles. The van der Waals surface area contributed by atoms with Gasteiger partial charge in [-0.15, -0.1) is 0 Å². The monoisotopic (exact) mass is 360 g/mol. The maximum absolute atomic E-state index is 13.4. The molecule has 2 amide bonds. The van der Waals surface area contributed by atoms with Crippen LogP contribution in [0.15, 0.2) is 42.5 Å². The molecule has 0 aliphatic heterocycles. The predicted molar refractivity (Wildman–Crippen MR) is 90.6 cm³/mol. The highest BCUT2D eigenvalue weighted by Gasteiger charge is 2.23. The third kappa shape index (κ3) is 5.02. The Balaban J connectivity index is 1.44. The van der Waals surface area contributed by atoms with E-state index in [1.54, 1.807) is 24.3 Å². The fourth-order valence-electron chi connectivity index (χ4n) is 2.26. The smallest absolute Gasteiger partial charge is 0.258 e. The zero-order chi connectivity index (χ0) is 18.5. The van der Waals surface area contributed by atoms with Crippen LogP contribution < -0.4 is 15.4 Å². The van der Waals surface area contributed by atoms with Crippen LogP contribution in [0, 0.1) is 11.6 Å². The number of hydrogen-bond acceptors (Lipinski definition) is 3. The van der Waals surface area contributed by atoms with Crippen molar-refractivity contribution in [2.75, 3.05) is 6.61 Å². The van der Waals surface area contributed by atoms with E-state index >= 15 is 0 Å². The van der Waals surface area contributed by atoms with Crippen molar-refractivity contribution in [3.8, 4) is 5.75 Å². The highest BCUT2D eigenvalue weighted by Crippen LogP contribution is 2.19. The average Bonchev–Trinajstić information content (AvgIpc) is 3.43. The Morgan fingerprint density at radius 2 is 1.81 bits per heavy atom. The number of amides is 2. The van der Waals surface area contributed by atoms with Gasteiger partial charge in [0.25, 0.3) is 11.8 Å². The van der Waals surface area contributed by atoms with Gasteiger partial charge < -0.3 is 15.4 Å². The van der Waals surface area contributed by atoms with Crippen LogP contribution in [0.3, 0.4) is 0 Å². The number of ether oxygens (including phenoxy) is 1. The van der Waals surface area contributed by atoms with Crippen LogP contribution >= 0.6 is 0 Å². The van der Waals surface area contributed by atoms with Crippen molar-refractivity contribution in [3.05, 3.63) is 65.2 Å². The van der Waals surface area contributed by atoms with Gasteiger partial charge in [0.05, 0.1) is 0 Å². The standard InChI is InChI=1S/C19H18F2N2O3/c20-14-5-8-17(16(21)9-14)26-11-18(24)22-10-12-1-3-13(4-2-12)19(25)23-15-6-7-15/h1-5,8-9,15H,6-7,10-11H2,(H,22,24)(H,23,25). The van der Waals surface area contributed by atoms with Crippen LogP contribution in [0.4, 0.5) is 8.78 Å². The lowest BCUT2D eigenvalue weighted by Crippen LogP contribution is -2.28. The lowest BCUT2D eigenvalue weighted by atomic mass is 10.1. The van der Waals surface area contributed by atoms with Gasteiger partial charge in [-0.2, -0.15) is 0 Å². The first-order chi connectivity index (χ1) is 12.5. The van der Waals surface area contributed by atoms with Gasteiger partial charge in [-0.25, -0.2) is 8.78 Å². The van der Waals surface area contributed by atoms with Crippen LogP contribution in [0.5, 0.6) is 5.75 Å². The van der Waals surface area contributed by atoms with Gasteiger partial charge in [-0.05, 0) is 42.7 Å².